The summed E-state index contributed by atoms with van der Waals surface area (Å²) in [6, 6.07) is 13.4. The van der Waals surface area contributed by atoms with E-state index in [4.69, 9.17) is 0 Å². The van der Waals surface area contributed by atoms with Crippen LogP contribution in [0.2, 0.25) is 0 Å². The number of aryl methyl sites for hydroxylation is 1. The van der Waals surface area contributed by atoms with Gasteiger partial charge in [-0.2, -0.15) is 0 Å². The lowest BCUT2D eigenvalue weighted by atomic mass is 9.74. The van der Waals surface area contributed by atoms with Gasteiger partial charge in [-0.1, -0.05) is 29.8 Å². The minimum absolute atomic E-state index is 0.0885. The minimum Gasteiger partial charge on any atom is -0.338 e. The van der Waals surface area contributed by atoms with Gasteiger partial charge in [0.1, 0.15) is 5.82 Å². The predicted octanol–water partition coefficient (Wildman–Crippen LogP) is 4.22. The molecule has 5 heteroatoms. The lowest BCUT2D eigenvalue weighted by Gasteiger charge is -2.40. The molecule has 4 rings (SSSR count). The van der Waals surface area contributed by atoms with Crippen LogP contribution in [0.3, 0.4) is 0 Å². The first-order valence-electron chi connectivity index (χ1n) is 10.1. The number of hydrogen-bond acceptors (Lipinski definition) is 2. The van der Waals surface area contributed by atoms with Crippen molar-refractivity contribution in [2.24, 2.45) is 0 Å². The zero-order valence-corrected chi connectivity index (χ0v) is 16.7. The van der Waals surface area contributed by atoms with Crippen LogP contribution < -0.4 is 10.2 Å². The van der Waals surface area contributed by atoms with Crippen LogP contribution >= 0.6 is 0 Å². The molecule has 0 aliphatic carbocycles. The van der Waals surface area contributed by atoms with E-state index in [0.29, 0.717) is 13.1 Å². The van der Waals surface area contributed by atoms with Gasteiger partial charge in [-0.25, -0.2) is 9.18 Å². The second-order valence-corrected chi connectivity index (χ2v) is 8.13. The molecule has 2 heterocycles. The number of hydrogen-bond donors (Lipinski definition) is 1. The first-order chi connectivity index (χ1) is 13.5. The molecule has 1 spiro atoms. The van der Waals surface area contributed by atoms with Gasteiger partial charge >= 0.3 is 6.03 Å². The molecule has 0 atom stereocenters. The maximum atomic E-state index is 14.0. The van der Waals surface area contributed by atoms with Gasteiger partial charge in [-0.15, -0.1) is 0 Å². The molecule has 1 fully saturated rings. The maximum Gasteiger partial charge on any atom is 0.321 e. The van der Waals surface area contributed by atoms with E-state index in [1.165, 1.54) is 17.2 Å². The molecule has 1 N–H and O–H groups in total. The molecule has 1 saturated heterocycles. The summed E-state index contributed by atoms with van der Waals surface area (Å²) in [6.07, 6.45) is 1.87. The molecule has 2 amide bonds. The van der Waals surface area contributed by atoms with Crippen LogP contribution in [0.1, 0.15) is 36.5 Å². The molecule has 4 nitrogen and oxygen atoms in total. The number of urea groups is 1. The molecular formula is C23H28FN3O. The van der Waals surface area contributed by atoms with Crippen molar-refractivity contribution in [3.05, 3.63) is 65.0 Å². The highest BCUT2D eigenvalue weighted by Crippen LogP contribution is 2.47. The van der Waals surface area contributed by atoms with Gasteiger partial charge in [0.05, 0.1) is 0 Å². The number of benzene rings is 2. The first kappa shape index (κ1) is 18.9. The lowest BCUT2D eigenvalue weighted by molar-refractivity contribution is 0.159. The van der Waals surface area contributed by atoms with Crippen molar-refractivity contribution < 1.29 is 9.18 Å². The third-order valence-electron chi connectivity index (χ3n) is 6.16. The summed E-state index contributed by atoms with van der Waals surface area (Å²) in [5.41, 5.74) is 4.32. The summed E-state index contributed by atoms with van der Waals surface area (Å²) in [7, 11) is 0. The number of halogens is 1. The number of fused-ring (bicyclic) bond motifs is 2. The van der Waals surface area contributed by atoms with Crippen molar-refractivity contribution in [1.82, 2.24) is 10.2 Å². The van der Waals surface area contributed by atoms with Gasteiger partial charge in [-0.3, -0.25) is 9.80 Å². The Labute approximate surface area is 166 Å². The Balaban J connectivity index is 1.53. The molecule has 28 heavy (non-hydrogen) atoms. The number of nitrogens with one attached hydrogen (secondary N) is 1. The zero-order valence-electron chi connectivity index (χ0n) is 16.7. The summed E-state index contributed by atoms with van der Waals surface area (Å²) in [6.45, 7) is 8.10. The topological polar surface area (TPSA) is 35.6 Å². The third-order valence-corrected chi connectivity index (χ3v) is 6.16. The summed E-state index contributed by atoms with van der Waals surface area (Å²) in [4.78, 5) is 16.8. The van der Waals surface area contributed by atoms with E-state index < -0.39 is 0 Å². The van der Waals surface area contributed by atoms with Gasteiger partial charge < -0.3 is 5.32 Å². The Morgan fingerprint density at radius 1 is 1.18 bits per heavy atom. The Bertz CT molecular complexity index is 874. The highest BCUT2D eigenvalue weighted by Gasteiger charge is 2.46. The number of amides is 2. The number of rotatable bonds is 3. The molecule has 0 bridgehead atoms. The van der Waals surface area contributed by atoms with E-state index in [9.17, 15) is 9.18 Å². The minimum atomic E-state index is -0.224. The average Bonchev–Trinajstić information content (AvgIpc) is 2.98. The highest BCUT2D eigenvalue weighted by atomic mass is 19.1. The van der Waals surface area contributed by atoms with Crippen LogP contribution in [0, 0.1) is 12.7 Å². The van der Waals surface area contributed by atoms with Gasteiger partial charge in [0.25, 0.3) is 0 Å². The Morgan fingerprint density at radius 3 is 2.68 bits per heavy atom. The van der Waals surface area contributed by atoms with Crippen molar-refractivity contribution in [2.45, 2.75) is 38.6 Å². The fraction of sp³-hybridized carbons (Fsp3) is 0.435. The second-order valence-electron chi connectivity index (χ2n) is 8.13. The van der Waals surface area contributed by atoms with E-state index in [0.717, 1.165) is 43.7 Å². The molecule has 2 aromatic rings. The van der Waals surface area contributed by atoms with E-state index in [1.54, 1.807) is 17.0 Å². The number of likely N-dealkylation sites (tertiary alicyclic amines) is 1. The quantitative estimate of drug-likeness (QED) is 0.864. The lowest BCUT2D eigenvalue weighted by Crippen LogP contribution is -2.47. The molecule has 0 radical (unpaired) electrons. The predicted molar refractivity (Wildman–Crippen MR) is 110 cm³/mol. The average molecular weight is 381 g/mol. The van der Waals surface area contributed by atoms with Crippen LogP contribution in [0.5, 0.6) is 0 Å². The van der Waals surface area contributed by atoms with Gasteiger partial charge in [0, 0.05) is 30.7 Å². The number of piperidine rings is 1. The summed E-state index contributed by atoms with van der Waals surface area (Å²) >= 11 is 0. The van der Waals surface area contributed by atoms with Crippen LogP contribution in [0.25, 0.3) is 0 Å². The van der Waals surface area contributed by atoms with E-state index in [1.807, 2.05) is 6.92 Å². The van der Waals surface area contributed by atoms with Crippen molar-refractivity contribution in [3.63, 3.8) is 0 Å². The summed E-state index contributed by atoms with van der Waals surface area (Å²) < 4.78 is 14.0. The standard InChI is InChI=1S/C23H28FN3O/c1-3-25-22(28)27-16-23(20-14-19(24)7-8-21(20)27)9-11-26(12-10-23)15-18-6-4-5-17(2)13-18/h4-8,13-14H,3,9-12,15-16H2,1-2H3,(H,25,28). The highest BCUT2D eigenvalue weighted by molar-refractivity contribution is 5.95. The summed E-state index contributed by atoms with van der Waals surface area (Å²) in [5.74, 6) is -0.224. The van der Waals surface area contributed by atoms with Gasteiger partial charge in [-0.05, 0) is 69.1 Å². The van der Waals surface area contributed by atoms with Gasteiger partial charge in [0.2, 0.25) is 0 Å². The monoisotopic (exact) mass is 381 g/mol. The van der Waals surface area contributed by atoms with Crippen LogP contribution in [-0.4, -0.2) is 37.1 Å². The van der Waals surface area contributed by atoms with Gasteiger partial charge in [0.15, 0.2) is 0 Å². The third kappa shape index (κ3) is 3.51. The van der Waals surface area contributed by atoms with Crippen molar-refractivity contribution in [3.8, 4) is 0 Å². The molecule has 2 aliphatic rings. The fourth-order valence-electron chi connectivity index (χ4n) is 4.70. The van der Waals surface area contributed by atoms with Crippen LogP contribution in [0.15, 0.2) is 42.5 Å². The first-order valence-corrected chi connectivity index (χ1v) is 10.1. The Morgan fingerprint density at radius 2 is 1.96 bits per heavy atom. The van der Waals surface area contributed by atoms with E-state index >= 15 is 0 Å². The molecule has 148 valence electrons. The molecule has 2 aliphatic heterocycles. The SMILES string of the molecule is CCNC(=O)N1CC2(CCN(Cc3cccc(C)c3)CC2)c2cc(F)ccc21. The van der Waals surface area contributed by atoms with Crippen LogP contribution in [-0.2, 0) is 12.0 Å². The fourth-order valence-corrected chi connectivity index (χ4v) is 4.70. The number of anilines is 1. The van der Waals surface area contributed by atoms with Crippen molar-refractivity contribution in [1.29, 1.82) is 0 Å². The summed E-state index contributed by atoms with van der Waals surface area (Å²) in [5, 5.41) is 2.89. The Kier molecular flexibility index (Phi) is 5.11. The number of carbonyl (C=O) groups excluding carboxylic acids is 1. The number of carbonyl (C=O) groups is 1. The molecule has 0 saturated carbocycles. The molecule has 2 aromatic carbocycles. The largest absolute Gasteiger partial charge is 0.338 e. The molecular weight excluding hydrogens is 353 g/mol. The van der Waals surface area contributed by atoms with Crippen molar-refractivity contribution in [2.75, 3.05) is 31.1 Å². The van der Waals surface area contributed by atoms with E-state index in [2.05, 4.69) is 41.4 Å². The van der Waals surface area contributed by atoms with E-state index in [-0.39, 0.29) is 17.3 Å². The second kappa shape index (κ2) is 7.55. The normalized spacial score (nSPS) is 18.3. The smallest absolute Gasteiger partial charge is 0.321 e. The maximum absolute atomic E-state index is 14.0. The molecule has 0 aromatic heterocycles. The van der Waals surface area contributed by atoms with Crippen molar-refractivity contribution >= 4 is 11.7 Å². The van der Waals surface area contributed by atoms with Crippen LogP contribution in [0.4, 0.5) is 14.9 Å². The molecule has 0 unspecified atom stereocenters. The zero-order chi connectivity index (χ0) is 19.7. The Hall–Kier alpha value is -2.40. The number of nitrogens with zero attached hydrogens (tertiary/aromatic N) is 2.